The van der Waals surface area contributed by atoms with E-state index in [0.717, 1.165) is 18.8 Å². The summed E-state index contributed by atoms with van der Waals surface area (Å²) in [5.74, 6) is 1.36. The molecule has 1 saturated carbocycles. The third-order valence-corrected chi connectivity index (χ3v) is 3.44. The summed E-state index contributed by atoms with van der Waals surface area (Å²) in [5, 5.41) is 8.87. The largest absolute Gasteiger partial charge is 0.473 e. The lowest BCUT2D eigenvalue weighted by molar-refractivity contribution is 0.116. The predicted molar refractivity (Wildman–Crippen MR) is 64.6 cm³/mol. The van der Waals surface area contributed by atoms with Crippen LogP contribution in [-0.2, 0) is 6.61 Å². The molecule has 2 atom stereocenters. The highest BCUT2D eigenvalue weighted by molar-refractivity contribution is 5.07. The van der Waals surface area contributed by atoms with E-state index in [1.165, 1.54) is 19.3 Å². The van der Waals surface area contributed by atoms with Gasteiger partial charge in [0.2, 0.25) is 5.88 Å². The van der Waals surface area contributed by atoms with Gasteiger partial charge in [0.25, 0.3) is 0 Å². The fourth-order valence-electron chi connectivity index (χ4n) is 2.38. The highest BCUT2D eigenvalue weighted by atomic mass is 16.5. The average molecular weight is 236 g/mol. The normalized spacial score (nSPS) is 24.6. The van der Waals surface area contributed by atoms with Crippen LogP contribution < -0.4 is 4.74 Å². The van der Waals surface area contributed by atoms with Crippen LogP contribution in [0.3, 0.4) is 0 Å². The van der Waals surface area contributed by atoms with Crippen molar-refractivity contribution in [3.8, 4) is 5.88 Å². The SMILES string of the molecule is CCC1CCCC(Oc2cnc(CO)cn2)C1. The van der Waals surface area contributed by atoms with E-state index in [9.17, 15) is 0 Å². The fraction of sp³-hybridized carbons (Fsp3) is 0.692. The van der Waals surface area contributed by atoms with E-state index in [4.69, 9.17) is 9.84 Å². The molecule has 4 nitrogen and oxygen atoms in total. The first-order valence-electron chi connectivity index (χ1n) is 6.40. The number of aliphatic hydroxyl groups is 1. The van der Waals surface area contributed by atoms with Crippen LogP contribution in [0.15, 0.2) is 12.4 Å². The minimum Gasteiger partial charge on any atom is -0.473 e. The van der Waals surface area contributed by atoms with Crippen LogP contribution in [0.4, 0.5) is 0 Å². The first-order chi connectivity index (χ1) is 8.31. The van der Waals surface area contributed by atoms with Crippen molar-refractivity contribution >= 4 is 0 Å². The van der Waals surface area contributed by atoms with Crippen LogP contribution in [0, 0.1) is 5.92 Å². The maximum Gasteiger partial charge on any atom is 0.232 e. The highest BCUT2D eigenvalue weighted by Gasteiger charge is 2.22. The van der Waals surface area contributed by atoms with Gasteiger partial charge >= 0.3 is 0 Å². The Morgan fingerprint density at radius 1 is 1.35 bits per heavy atom. The van der Waals surface area contributed by atoms with Crippen molar-refractivity contribution in [1.29, 1.82) is 0 Å². The van der Waals surface area contributed by atoms with Gasteiger partial charge in [-0.25, -0.2) is 4.98 Å². The molecule has 1 aromatic rings. The molecule has 0 bridgehead atoms. The van der Waals surface area contributed by atoms with Crippen molar-refractivity contribution in [3.63, 3.8) is 0 Å². The second-order valence-electron chi connectivity index (χ2n) is 4.68. The van der Waals surface area contributed by atoms with Crippen molar-refractivity contribution in [2.24, 2.45) is 5.92 Å². The van der Waals surface area contributed by atoms with Gasteiger partial charge in [0, 0.05) is 0 Å². The smallest absolute Gasteiger partial charge is 0.232 e. The summed E-state index contributed by atoms with van der Waals surface area (Å²) in [7, 11) is 0. The molecule has 0 aliphatic heterocycles. The van der Waals surface area contributed by atoms with Crippen LogP contribution >= 0.6 is 0 Å². The second-order valence-corrected chi connectivity index (χ2v) is 4.68. The van der Waals surface area contributed by atoms with Gasteiger partial charge in [-0.15, -0.1) is 0 Å². The van der Waals surface area contributed by atoms with Gasteiger partial charge in [0.1, 0.15) is 6.10 Å². The fourth-order valence-corrected chi connectivity index (χ4v) is 2.38. The molecule has 0 aromatic carbocycles. The summed E-state index contributed by atoms with van der Waals surface area (Å²) in [6, 6.07) is 0. The number of aliphatic hydroxyl groups excluding tert-OH is 1. The third kappa shape index (κ3) is 3.40. The maximum atomic E-state index is 8.87. The molecule has 1 heterocycles. The molecular weight excluding hydrogens is 216 g/mol. The summed E-state index contributed by atoms with van der Waals surface area (Å²) in [5.41, 5.74) is 0.576. The summed E-state index contributed by atoms with van der Waals surface area (Å²) in [6.45, 7) is 2.16. The molecule has 0 spiro atoms. The topological polar surface area (TPSA) is 55.2 Å². The molecule has 1 aliphatic carbocycles. The van der Waals surface area contributed by atoms with Crippen molar-refractivity contribution < 1.29 is 9.84 Å². The number of ether oxygens (including phenoxy) is 1. The van der Waals surface area contributed by atoms with E-state index in [1.807, 2.05) is 0 Å². The first kappa shape index (κ1) is 12.3. The molecule has 2 unspecified atom stereocenters. The van der Waals surface area contributed by atoms with Crippen LogP contribution in [0.2, 0.25) is 0 Å². The van der Waals surface area contributed by atoms with Gasteiger partial charge < -0.3 is 9.84 Å². The maximum absolute atomic E-state index is 8.87. The monoisotopic (exact) mass is 236 g/mol. The third-order valence-electron chi connectivity index (χ3n) is 3.44. The standard InChI is InChI=1S/C13H20N2O2/c1-2-10-4-3-5-12(6-10)17-13-8-14-11(9-16)7-15-13/h7-8,10,12,16H,2-6,9H2,1H3. The predicted octanol–water partition coefficient (Wildman–Crippen LogP) is 2.32. The van der Waals surface area contributed by atoms with Crippen molar-refractivity contribution in [2.75, 3.05) is 0 Å². The molecular formula is C13H20N2O2. The van der Waals surface area contributed by atoms with Gasteiger partial charge in [-0.2, -0.15) is 0 Å². The molecule has 0 radical (unpaired) electrons. The Kier molecular flexibility index (Phi) is 4.31. The molecule has 1 aromatic heterocycles. The van der Waals surface area contributed by atoms with Crippen molar-refractivity contribution in [1.82, 2.24) is 9.97 Å². The number of hydrogen-bond donors (Lipinski definition) is 1. The summed E-state index contributed by atoms with van der Waals surface area (Å²) < 4.78 is 5.83. The second kappa shape index (κ2) is 5.96. The number of aromatic nitrogens is 2. The van der Waals surface area contributed by atoms with Crippen molar-refractivity contribution in [3.05, 3.63) is 18.1 Å². The zero-order valence-electron chi connectivity index (χ0n) is 10.3. The van der Waals surface area contributed by atoms with E-state index >= 15 is 0 Å². The quantitative estimate of drug-likeness (QED) is 0.871. The van der Waals surface area contributed by atoms with Crippen LogP contribution in [0.25, 0.3) is 0 Å². The molecule has 17 heavy (non-hydrogen) atoms. The Labute approximate surface area is 102 Å². The highest BCUT2D eigenvalue weighted by Crippen LogP contribution is 2.28. The lowest BCUT2D eigenvalue weighted by Gasteiger charge is -2.28. The van der Waals surface area contributed by atoms with Gasteiger partial charge in [0.15, 0.2) is 0 Å². The van der Waals surface area contributed by atoms with Gasteiger partial charge in [-0.05, 0) is 25.2 Å². The van der Waals surface area contributed by atoms with Gasteiger partial charge in [-0.1, -0.05) is 19.8 Å². The molecule has 94 valence electrons. The Hall–Kier alpha value is -1.16. The molecule has 1 N–H and O–H groups in total. The number of rotatable bonds is 4. The Bertz CT molecular complexity index is 340. The lowest BCUT2D eigenvalue weighted by Crippen LogP contribution is -2.25. The molecule has 1 fully saturated rings. The van der Waals surface area contributed by atoms with Gasteiger partial charge in [-0.3, -0.25) is 4.98 Å². The molecule has 0 saturated heterocycles. The average Bonchev–Trinajstić information content (AvgIpc) is 2.40. The molecule has 0 amide bonds. The first-order valence-corrected chi connectivity index (χ1v) is 6.40. The Balaban J connectivity index is 1.90. The van der Waals surface area contributed by atoms with E-state index in [2.05, 4.69) is 16.9 Å². The number of hydrogen-bond acceptors (Lipinski definition) is 4. The van der Waals surface area contributed by atoms with Crippen LogP contribution in [0.1, 0.15) is 44.7 Å². The van der Waals surface area contributed by atoms with Crippen molar-refractivity contribution in [2.45, 2.75) is 51.7 Å². The van der Waals surface area contributed by atoms with Crippen LogP contribution in [-0.4, -0.2) is 21.2 Å². The summed E-state index contributed by atoms with van der Waals surface area (Å²) in [4.78, 5) is 8.21. The lowest BCUT2D eigenvalue weighted by atomic mass is 9.85. The van der Waals surface area contributed by atoms with Gasteiger partial charge in [0.05, 0.1) is 24.7 Å². The summed E-state index contributed by atoms with van der Waals surface area (Å²) >= 11 is 0. The number of nitrogens with zero attached hydrogens (tertiary/aromatic N) is 2. The zero-order valence-corrected chi connectivity index (χ0v) is 10.3. The minimum atomic E-state index is -0.0748. The molecule has 1 aliphatic rings. The van der Waals surface area contributed by atoms with E-state index in [-0.39, 0.29) is 12.7 Å². The molecule has 2 rings (SSSR count). The Morgan fingerprint density at radius 3 is 2.88 bits per heavy atom. The Morgan fingerprint density at radius 2 is 2.24 bits per heavy atom. The summed E-state index contributed by atoms with van der Waals surface area (Å²) in [6.07, 6.45) is 9.48. The van der Waals surface area contributed by atoms with E-state index in [1.54, 1.807) is 12.4 Å². The minimum absolute atomic E-state index is 0.0748. The van der Waals surface area contributed by atoms with E-state index in [0.29, 0.717) is 11.6 Å². The van der Waals surface area contributed by atoms with E-state index < -0.39 is 0 Å². The van der Waals surface area contributed by atoms with Crippen LogP contribution in [0.5, 0.6) is 5.88 Å². The zero-order chi connectivity index (χ0) is 12.1. The molecule has 4 heteroatoms.